The number of carbonyl (C=O) groups is 2. The van der Waals surface area contributed by atoms with Crippen LogP contribution in [0.4, 0.5) is 0 Å². The van der Waals surface area contributed by atoms with Crippen molar-refractivity contribution in [2.75, 3.05) is 32.8 Å². The van der Waals surface area contributed by atoms with Crippen molar-refractivity contribution >= 4 is 21.9 Å². The van der Waals surface area contributed by atoms with Crippen molar-refractivity contribution in [3.05, 3.63) is 58.9 Å². The van der Waals surface area contributed by atoms with Crippen LogP contribution in [0.1, 0.15) is 59.8 Å². The lowest BCUT2D eigenvalue weighted by molar-refractivity contribution is 0.0523. The molecular weight excluding hydrogens is 442 g/mol. The number of amides is 1. The number of carbonyl (C=O) groups excluding carboxylic acids is 2. The lowest BCUT2D eigenvalue weighted by Gasteiger charge is -2.34. The number of esters is 1. The van der Waals surface area contributed by atoms with E-state index in [1.165, 1.54) is 16.4 Å². The smallest absolute Gasteiger partial charge is 0.339 e. The number of sulfonamides is 1. The summed E-state index contributed by atoms with van der Waals surface area (Å²) in [5, 5.41) is 0. The van der Waals surface area contributed by atoms with Crippen molar-refractivity contribution in [2.45, 2.75) is 44.9 Å². The van der Waals surface area contributed by atoms with Gasteiger partial charge in [0.25, 0.3) is 5.91 Å². The Labute approximate surface area is 195 Å². The van der Waals surface area contributed by atoms with Crippen LogP contribution in [0.2, 0.25) is 0 Å². The van der Waals surface area contributed by atoms with E-state index in [2.05, 4.69) is 25.8 Å². The zero-order valence-corrected chi connectivity index (χ0v) is 20.6. The predicted molar refractivity (Wildman–Crippen MR) is 125 cm³/mol. The van der Waals surface area contributed by atoms with Gasteiger partial charge in [-0.05, 0) is 49.1 Å². The van der Waals surface area contributed by atoms with Gasteiger partial charge in [0, 0.05) is 26.2 Å². The first kappa shape index (κ1) is 24.9. The van der Waals surface area contributed by atoms with Gasteiger partial charge in [0.2, 0.25) is 10.0 Å². The van der Waals surface area contributed by atoms with Gasteiger partial charge in [-0.15, -0.1) is 0 Å². The summed E-state index contributed by atoms with van der Waals surface area (Å²) in [5.41, 5.74) is 1.96. The van der Waals surface area contributed by atoms with E-state index in [0.717, 1.165) is 5.56 Å². The van der Waals surface area contributed by atoms with Gasteiger partial charge in [0.15, 0.2) is 0 Å². The Kier molecular flexibility index (Phi) is 7.23. The number of piperazine rings is 1. The van der Waals surface area contributed by atoms with Gasteiger partial charge in [-0.25, -0.2) is 18.2 Å². The van der Waals surface area contributed by atoms with Gasteiger partial charge in [0.05, 0.1) is 22.8 Å². The number of ether oxygens (including phenoxy) is 1. The molecule has 1 aromatic carbocycles. The maximum atomic E-state index is 13.1. The molecule has 1 amide bonds. The highest BCUT2D eigenvalue weighted by molar-refractivity contribution is 7.89. The fourth-order valence-electron chi connectivity index (χ4n) is 3.67. The minimum atomic E-state index is -3.64. The molecule has 0 atom stereocenters. The first-order valence-electron chi connectivity index (χ1n) is 11.0. The fourth-order valence-corrected chi connectivity index (χ4v) is 5.10. The van der Waals surface area contributed by atoms with Gasteiger partial charge in [0.1, 0.15) is 5.69 Å². The molecule has 0 spiro atoms. The monoisotopic (exact) mass is 473 g/mol. The highest BCUT2D eigenvalue weighted by Crippen LogP contribution is 2.25. The number of pyridine rings is 1. The van der Waals surface area contributed by atoms with Gasteiger partial charge in [-0.1, -0.05) is 32.9 Å². The molecule has 9 heteroatoms. The lowest BCUT2D eigenvalue weighted by Crippen LogP contribution is -2.50. The second kappa shape index (κ2) is 9.61. The van der Waals surface area contributed by atoms with Crippen molar-refractivity contribution in [2.24, 2.45) is 0 Å². The summed E-state index contributed by atoms with van der Waals surface area (Å²) in [4.78, 5) is 30.9. The number of hydrogen-bond acceptors (Lipinski definition) is 6. The second-order valence-corrected chi connectivity index (χ2v) is 11.0. The molecular formula is C24H31N3O5S. The Morgan fingerprint density at radius 1 is 1.00 bits per heavy atom. The molecule has 33 heavy (non-hydrogen) atoms. The summed E-state index contributed by atoms with van der Waals surface area (Å²) in [6.45, 7) is 10.8. The van der Waals surface area contributed by atoms with E-state index in [0.29, 0.717) is 11.3 Å². The van der Waals surface area contributed by atoms with E-state index >= 15 is 0 Å². The summed E-state index contributed by atoms with van der Waals surface area (Å²) in [7, 11) is -3.64. The number of nitrogens with zero attached hydrogens (tertiary/aromatic N) is 3. The van der Waals surface area contributed by atoms with Crippen LogP contribution in [0.5, 0.6) is 0 Å². The minimum Gasteiger partial charge on any atom is -0.462 e. The summed E-state index contributed by atoms with van der Waals surface area (Å²) in [6, 6.07) is 10.0. The molecule has 0 saturated carbocycles. The highest BCUT2D eigenvalue weighted by Gasteiger charge is 2.31. The molecule has 0 bridgehead atoms. The first-order chi connectivity index (χ1) is 15.4. The quantitative estimate of drug-likeness (QED) is 0.620. The minimum absolute atomic E-state index is 0.0603. The van der Waals surface area contributed by atoms with Crippen LogP contribution in [-0.2, 0) is 20.2 Å². The Morgan fingerprint density at radius 3 is 2.12 bits per heavy atom. The van der Waals surface area contributed by atoms with Gasteiger partial charge in [-0.3, -0.25) is 4.79 Å². The molecule has 1 saturated heterocycles. The average Bonchev–Trinajstić information content (AvgIpc) is 2.78. The Balaban J connectivity index is 1.67. The third-order valence-corrected chi connectivity index (χ3v) is 7.60. The van der Waals surface area contributed by atoms with Crippen LogP contribution >= 0.6 is 0 Å². The van der Waals surface area contributed by atoms with Crippen LogP contribution in [-0.4, -0.2) is 67.3 Å². The normalized spacial score (nSPS) is 15.4. The molecule has 1 fully saturated rings. The molecule has 1 aliphatic heterocycles. The molecule has 2 aromatic rings. The first-order valence-corrected chi connectivity index (χ1v) is 12.4. The Hall–Kier alpha value is -2.78. The molecule has 178 valence electrons. The largest absolute Gasteiger partial charge is 0.462 e. The molecule has 0 N–H and O–H groups in total. The Bertz CT molecular complexity index is 1130. The molecule has 3 rings (SSSR count). The maximum absolute atomic E-state index is 13.1. The summed E-state index contributed by atoms with van der Waals surface area (Å²) in [6.07, 6.45) is 0. The SMILES string of the molecule is CCOC(=O)c1ccc(C(=O)N2CCN(S(=O)(=O)c3ccc(C(C)(C)C)cc3)CC2)nc1C. The van der Waals surface area contributed by atoms with E-state index in [9.17, 15) is 18.0 Å². The molecule has 2 heterocycles. The van der Waals surface area contributed by atoms with Crippen molar-refractivity contribution in [1.29, 1.82) is 0 Å². The van der Waals surface area contributed by atoms with Crippen molar-refractivity contribution in [1.82, 2.24) is 14.2 Å². The van der Waals surface area contributed by atoms with Crippen molar-refractivity contribution < 1.29 is 22.7 Å². The molecule has 0 aliphatic carbocycles. The van der Waals surface area contributed by atoms with Crippen LogP contribution in [0.3, 0.4) is 0 Å². The average molecular weight is 474 g/mol. The van der Waals surface area contributed by atoms with Gasteiger partial charge in [-0.2, -0.15) is 4.31 Å². The van der Waals surface area contributed by atoms with E-state index in [4.69, 9.17) is 4.74 Å². The topological polar surface area (TPSA) is 96.9 Å². The number of aryl methyl sites for hydroxylation is 1. The molecule has 0 unspecified atom stereocenters. The number of hydrogen-bond donors (Lipinski definition) is 0. The zero-order chi connectivity index (χ0) is 24.4. The van der Waals surface area contributed by atoms with Gasteiger partial charge < -0.3 is 9.64 Å². The maximum Gasteiger partial charge on any atom is 0.339 e. The highest BCUT2D eigenvalue weighted by atomic mass is 32.2. The van der Waals surface area contributed by atoms with E-state index in [-0.39, 0.29) is 54.7 Å². The number of benzene rings is 1. The van der Waals surface area contributed by atoms with Crippen LogP contribution in [0, 0.1) is 6.92 Å². The predicted octanol–water partition coefficient (Wildman–Crippen LogP) is 3.01. The molecule has 8 nitrogen and oxygen atoms in total. The second-order valence-electron chi connectivity index (χ2n) is 9.02. The fraction of sp³-hybridized carbons (Fsp3) is 0.458. The van der Waals surface area contributed by atoms with Crippen molar-refractivity contribution in [3.63, 3.8) is 0 Å². The van der Waals surface area contributed by atoms with Crippen LogP contribution < -0.4 is 0 Å². The standard InChI is InChI=1S/C24H31N3O5S/c1-6-32-23(29)20-11-12-21(25-17(20)2)22(28)26-13-15-27(16-14-26)33(30,31)19-9-7-18(8-10-19)24(3,4)5/h7-12H,6,13-16H2,1-5H3. The lowest BCUT2D eigenvalue weighted by atomic mass is 9.87. The van der Waals surface area contributed by atoms with E-state index in [1.54, 1.807) is 30.9 Å². The molecule has 1 aliphatic rings. The summed E-state index contributed by atoms with van der Waals surface area (Å²) in [5.74, 6) is -0.768. The molecule has 1 aromatic heterocycles. The third kappa shape index (κ3) is 5.42. The van der Waals surface area contributed by atoms with E-state index < -0.39 is 16.0 Å². The number of aromatic nitrogens is 1. The summed E-state index contributed by atoms with van der Waals surface area (Å²) >= 11 is 0. The zero-order valence-electron chi connectivity index (χ0n) is 19.8. The Morgan fingerprint density at radius 2 is 1.61 bits per heavy atom. The van der Waals surface area contributed by atoms with Crippen LogP contribution in [0.15, 0.2) is 41.3 Å². The third-order valence-electron chi connectivity index (χ3n) is 5.68. The summed E-state index contributed by atoms with van der Waals surface area (Å²) < 4.78 is 32.5. The number of rotatable bonds is 5. The van der Waals surface area contributed by atoms with E-state index in [1.807, 2.05) is 12.1 Å². The van der Waals surface area contributed by atoms with Crippen molar-refractivity contribution in [3.8, 4) is 0 Å². The van der Waals surface area contributed by atoms with Crippen LogP contribution in [0.25, 0.3) is 0 Å². The molecule has 0 radical (unpaired) electrons. The van der Waals surface area contributed by atoms with Gasteiger partial charge >= 0.3 is 5.97 Å².